The Morgan fingerprint density at radius 2 is 1.91 bits per heavy atom. The first-order chi connectivity index (χ1) is 10.2. The van der Waals surface area contributed by atoms with Crippen molar-refractivity contribution in [3.05, 3.63) is 34.3 Å². The van der Waals surface area contributed by atoms with Crippen molar-refractivity contribution in [3.63, 3.8) is 0 Å². The summed E-state index contributed by atoms with van der Waals surface area (Å²) in [6, 6.07) is 7.05. The summed E-state index contributed by atoms with van der Waals surface area (Å²) in [6.07, 6.45) is 0. The van der Waals surface area contributed by atoms with E-state index < -0.39 is 0 Å². The highest BCUT2D eigenvalue weighted by molar-refractivity contribution is 9.10. The van der Waals surface area contributed by atoms with Crippen LogP contribution < -0.4 is 10.6 Å². The zero-order valence-electron chi connectivity index (χ0n) is 13.6. The van der Waals surface area contributed by atoms with Crippen molar-refractivity contribution in [1.29, 1.82) is 0 Å². The summed E-state index contributed by atoms with van der Waals surface area (Å²) in [5, 5.41) is 5.48. The first-order valence-electron chi connectivity index (χ1n) is 7.15. The van der Waals surface area contributed by atoms with Gasteiger partial charge in [0.2, 0.25) is 5.91 Å². The molecule has 0 saturated carbocycles. The SMILES string of the molecule is CN(C)CC(C)(C)CNC(=O)CNC(=O)c1cccc(Br)c1. The van der Waals surface area contributed by atoms with Gasteiger partial charge in [0.1, 0.15) is 0 Å². The van der Waals surface area contributed by atoms with Gasteiger partial charge in [0.15, 0.2) is 0 Å². The van der Waals surface area contributed by atoms with Gasteiger partial charge in [0.05, 0.1) is 6.54 Å². The van der Waals surface area contributed by atoms with Crippen LogP contribution in [-0.4, -0.2) is 50.4 Å². The number of benzene rings is 1. The molecule has 5 nitrogen and oxygen atoms in total. The Labute approximate surface area is 140 Å². The van der Waals surface area contributed by atoms with E-state index in [1.54, 1.807) is 18.2 Å². The van der Waals surface area contributed by atoms with Crippen molar-refractivity contribution >= 4 is 27.7 Å². The molecule has 1 aromatic rings. The van der Waals surface area contributed by atoms with Crippen molar-refractivity contribution in [2.24, 2.45) is 5.41 Å². The van der Waals surface area contributed by atoms with Crippen LogP contribution in [0.1, 0.15) is 24.2 Å². The predicted molar refractivity (Wildman–Crippen MR) is 91.8 cm³/mol. The van der Waals surface area contributed by atoms with E-state index in [2.05, 4.69) is 45.3 Å². The van der Waals surface area contributed by atoms with Gasteiger partial charge in [-0.1, -0.05) is 35.8 Å². The summed E-state index contributed by atoms with van der Waals surface area (Å²) in [7, 11) is 4.00. The minimum absolute atomic E-state index is 0.0204. The van der Waals surface area contributed by atoms with Crippen molar-refractivity contribution < 1.29 is 9.59 Å². The summed E-state index contributed by atoms with van der Waals surface area (Å²) in [4.78, 5) is 25.8. The minimum atomic E-state index is -0.260. The molecule has 0 heterocycles. The van der Waals surface area contributed by atoms with Crippen molar-refractivity contribution in [3.8, 4) is 0 Å². The molecule has 2 amide bonds. The fraction of sp³-hybridized carbons (Fsp3) is 0.500. The summed E-state index contributed by atoms with van der Waals surface area (Å²) in [5.74, 6) is -0.445. The Kier molecular flexibility index (Phi) is 7.03. The van der Waals surface area contributed by atoms with Gasteiger partial charge in [0, 0.05) is 23.1 Å². The molecule has 0 aromatic heterocycles. The molecule has 0 saturated heterocycles. The van der Waals surface area contributed by atoms with Crippen LogP contribution in [0.4, 0.5) is 0 Å². The highest BCUT2D eigenvalue weighted by Crippen LogP contribution is 2.14. The smallest absolute Gasteiger partial charge is 0.251 e. The number of carbonyl (C=O) groups excluding carboxylic acids is 2. The molecule has 0 radical (unpaired) electrons. The van der Waals surface area contributed by atoms with Crippen LogP contribution >= 0.6 is 15.9 Å². The molecule has 0 fully saturated rings. The van der Waals surface area contributed by atoms with Crippen LogP contribution in [0.15, 0.2) is 28.7 Å². The molecule has 22 heavy (non-hydrogen) atoms. The Balaban J connectivity index is 2.39. The van der Waals surface area contributed by atoms with Crippen LogP contribution in [0.3, 0.4) is 0 Å². The highest BCUT2D eigenvalue weighted by Gasteiger charge is 2.19. The second kappa shape index (κ2) is 8.29. The number of rotatable bonds is 7. The zero-order chi connectivity index (χ0) is 16.8. The summed E-state index contributed by atoms with van der Waals surface area (Å²) >= 11 is 3.31. The van der Waals surface area contributed by atoms with Crippen molar-refractivity contribution in [2.75, 3.05) is 33.7 Å². The van der Waals surface area contributed by atoms with Gasteiger partial charge < -0.3 is 15.5 Å². The molecule has 0 aliphatic heterocycles. The van der Waals surface area contributed by atoms with Crippen LogP contribution in [0.5, 0.6) is 0 Å². The topological polar surface area (TPSA) is 61.4 Å². The third-order valence-electron chi connectivity index (χ3n) is 3.00. The molecular formula is C16H24BrN3O2. The maximum atomic E-state index is 11.9. The lowest BCUT2D eigenvalue weighted by molar-refractivity contribution is -0.120. The van der Waals surface area contributed by atoms with E-state index in [0.717, 1.165) is 11.0 Å². The number of nitrogens with zero attached hydrogens (tertiary/aromatic N) is 1. The normalized spacial score (nSPS) is 11.4. The van der Waals surface area contributed by atoms with E-state index in [4.69, 9.17) is 0 Å². The van der Waals surface area contributed by atoms with E-state index in [0.29, 0.717) is 12.1 Å². The van der Waals surface area contributed by atoms with Crippen LogP contribution in [0.25, 0.3) is 0 Å². The molecule has 1 aromatic carbocycles. The van der Waals surface area contributed by atoms with Crippen LogP contribution in [0.2, 0.25) is 0 Å². The third kappa shape index (κ3) is 7.04. The Morgan fingerprint density at radius 3 is 2.50 bits per heavy atom. The molecule has 0 aliphatic rings. The van der Waals surface area contributed by atoms with Gasteiger partial charge in [-0.05, 0) is 37.7 Å². The van der Waals surface area contributed by atoms with E-state index in [1.165, 1.54) is 0 Å². The number of halogens is 1. The van der Waals surface area contributed by atoms with E-state index in [1.807, 2.05) is 20.2 Å². The number of carbonyl (C=O) groups is 2. The number of hydrogen-bond donors (Lipinski definition) is 2. The first kappa shape index (κ1) is 18.6. The van der Waals surface area contributed by atoms with E-state index >= 15 is 0 Å². The average Bonchev–Trinajstić information content (AvgIpc) is 2.41. The maximum Gasteiger partial charge on any atom is 0.251 e. The Hall–Kier alpha value is -1.40. The summed E-state index contributed by atoms with van der Waals surface area (Å²) in [6.45, 7) is 5.60. The summed E-state index contributed by atoms with van der Waals surface area (Å²) in [5.41, 5.74) is 0.503. The third-order valence-corrected chi connectivity index (χ3v) is 3.50. The fourth-order valence-corrected chi connectivity index (χ4v) is 2.60. The minimum Gasteiger partial charge on any atom is -0.354 e. The van der Waals surface area contributed by atoms with Gasteiger partial charge in [-0.3, -0.25) is 9.59 Å². The molecule has 0 bridgehead atoms. The summed E-state index contributed by atoms with van der Waals surface area (Å²) < 4.78 is 0.829. The van der Waals surface area contributed by atoms with E-state index in [-0.39, 0.29) is 23.8 Å². The Bertz CT molecular complexity index is 530. The Morgan fingerprint density at radius 1 is 1.23 bits per heavy atom. The molecule has 122 valence electrons. The van der Waals surface area contributed by atoms with Gasteiger partial charge in [-0.2, -0.15) is 0 Å². The lowest BCUT2D eigenvalue weighted by atomic mass is 9.93. The van der Waals surface area contributed by atoms with Crippen molar-refractivity contribution in [1.82, 2.24) is 15.5 Å². The molecule has 0 spiro atoms. The number of amides is 2. The standard InChI is InChI=1S/C16H24BrN3O2/c1-16(2,11-20(3)4)10-19-14(21)9-18-15(22)12-6-5-7-13(17)8-12/h5-8H,9-11H2,1-4H3,(H,18,22)(H,19,21). The maximum absolute atomic E-state index is 11.9. The van der Waals surface area contributed by atoms with Crippen LogP contribution in [0, 0.1) is 5.41 Å². The van der Waals surface area contributed by atoms with Crippen LogP contribution in [-0.2, 0) is 4.79 Å². The fourth-order valence-electron chi connectivity index (χ4n) is 2.20. The quantitative estimate of drug-likeness (QED) is 0.771. The second-order valence-electron chi connectivity index (χ2n) is 6.37. The number of hydrogen-bond acceptors (Lipinski definition) is 3. The number of nitrogens with one attached hydrogen (secondary N) is 2. The van der Waals surface area contributed by atoms with Gasteiger partial charge >= 0.3 is 0 Å². The molecule has 0 unspecified atom stereocenters. The molecule has 2 N–H and O–H groups in total. The molecular weight excluding hydrogens is 346 g/mol. The molecule has 6 heteroatoms. The molecule has 0 aliphatic carbocycles. The zero-order valence-corrected chi connectivity index (χ0v) is 15.2. The lowest BCUT2D eigenvalue weighted by Crippen LogP contribution is -2.43. The molecule has 1 rings (SSSR count). The van der Waals surface area contributed by atoms with Crippen molar-refractivity contribution in [2.45, 2.75) is 13.8 Å². The average molecular weight is 370 g/mol. The highest BCUT2D eigenvalue weighted by atomic mass is 79.9. The first-order valence-corrected chi connectivity index (χ1v) is 7.94. The lowest BCUT2D eigenvalue weighted by Gasteiger charge is -2.28. The molecule has 0 atom stereocenters. The second-order valence-corrected chi connectivity index (χ2v) is 7.29. The van der Waals surface area contributed by atoms with Gasteiger partial charge in [0.25, 0.3) is 5.91 Å². The van der Waals surface area contributed by atoms with E-state index in [9.17, 15) is 9.59 Å². The monoisotopic (exact) mass is 369 g/mol. The largest absolute Gasteiger partial charge is 0.354 e. The predicted octanol–water partition coefficient (Wildman–Crippen LogP) is 1.88. The van der Waals surface area contributed by atoms with Gasteiger partial charge in [-0.15, -0.1) is 0 Å². The van der Waals surface area contributed by atoms with Gasteiger partial charge in [-0.25, -0.2) is 0 Å².